The van der Waals surface area contributed by atoms with E-state index in [9.17, 15) is 28.5 Å². The Kier molecular flexibility index (Phi) is 2.88. The lowest BCUT2D eigenvalue weighted by molar-refractivity contribution is -0.386. The Morgan fingerprint density at radius 3 is 2.53 bits per heavy atom. The number of alkyl halides is 2. The van der Waals surface area contributed by atoms with Crippen LogP contribution in [0.5, 0.6) is 0 Å². The molecule has 0 aliphatic carbocycles. The number of nitrogens with zero attached hydrogens (tertiary/aromatic N) is 1. The summed E-state index contributed by atoms with van der Waals surface area (Å²) in [6.07, 6.45) is -2.52. The SMILES string of the molecule is O=Cc1[nH]cc(C(F)F)c(=O)c1[N+](=O)[O-]. The highest BCUT2D eigenvalue weighted by atomic mass is 19.3. The first kappa shape index (κ1) is 11.0. The van der Waals surface area contributed by atoms with Crippen LogP contribution in [0.25, 0.3) is 0 Å². The van der Waals surface area contributed by atoms with E-state index >= 15 is 0 Å². The van der Waals surface area contributed by atoms with E-state index in [2.05, 4.69) is 0 Å². The number of aromatic nitrogens is 1. The second kappa shape index (κ2) is 3.95. The molecule has 0 saturated carbocycles. The number of pyridine rings is 1. The van der Waals surface area contributed by atoms with Gasteiger partial charge in [-0.1, -0.05) is 0 Å². The average molecular weight is 218 g/mol. The maximum atomic E-state index is 12.2. The van der Waals surface area contributed by atoms with Gasteiger partial charge in [0.15, 0.2) is 12.0 Å². The molecule has 0 atom stereocenters. The van der Waals surface area contributed by atoms with Crippen LogP contribution in [0.1, 0.15) is 22.5 Å². The predicted molar refractivity (Wildman–Crippen MR) is 44.1 cm³/mol. The normalized spacial score (nSPS) is 10.3. The molecule has 0 aliphatic rings. The number of halogens is 2. The smallest absolute Gasteiger partial charge is 0.343 e. The van der Waals surface area contributed by atoms with Crippen LogP contribution in [0, 0.1) is 10.1 Å². The summed E-state index contributed by atoms with van der Waals surface area (Å²) in [6.45, 7) is 0. The molecule has 0 radical (unpaired) electrons. The van der Waals surface area contributed by atoms with Gasteiger partial charge in [-0.15, -0.1) is 0 Å². The Balaban J connectivity index is 3.57. The number of carbonyl (C=O) groups excluding carboxylic acids is 1. The first-order valence-corrected chi connectivity index (χ1v) is 3.62. The predicted octanol–water partition coefficient (Wildman–Crippen LogP) is 1.03. The van der Waals surface area contributed by atoms with Crippen LogP contribution in [0.3, 0.4) is 0 Å². The van der Waals surface area contributed by atoms with Crippen molar-refractivity contribution in [2.24, 2.45) is 0 Å². The lowest BCUT2D eigenvalue weighted by Crippen LogP contribution is -2.17. The highest BCUT2D eigenvalue weighted by Crippen LogP contribution is 2.17. The molecule has 1 aromatic rings. The molecule has 6 nitrogen and oxygen atoms in total. The summed E-state index contributed by atoms with van der Waals surface area (Å²) >= 11 is 0. The number of aldehydes is 1. The molecule has 1 heterocycles. The van der Waals surface area contributed by atoms with Gasteiger partial charge in [-0.05, 0) is 0 Å². The van der Waals surface area contributed by atoms with Crippen molar-refractivity contribution in [2.45, 2.75) is 6.43 Å². The van der Waals surface area contributed by atoms with Gasteiger partial charge < -0.3 is 4.98 Å². The molecule has 0 amide bonds. The van der Waals surface area contributed by atoms with E-state index in [-0.39, 0.29) is 6.29 Å². The van der Waals surface area contributed by atoms with Gasteiger partial charge in [0.25, 0.3) is 11.9 Å². The topological polar surface area (TPSA) is 93.1 Å². The van der Waals surface area contributed by atoms with Crippen molar-refractivity contribution in [3.05, 3.63) is 37.8 Å². The fourth-order valence-electron chi connectivity index (χ4n) is 0.982. The third-order valence-electron chi connectivity index (χ3n) is 1.65. The van der Waals surface area contributed by atoms with E-state index in [0.717, 1.165) is 0 Å². The van der Waals surface area contributed by atoms with Gasteiger partial charge >= 0.3 is 5.69 Å². The zero-order valence-electron chi connectivity index (χ0n) is 7.07. The third-order valence-corrected chi connectivity index (χ3v) is 1.65. The summed E-state index contributed by atoms with van der Waals surface area (Å²) in [6, 6.07) is 0. The Labute approximate surface area is 80.7 Å². The summed E-state index contributed by atoms with van der Waals surface area (Å²) in [5.41, 5.74) is -4.28. The summed E-state index contributed by atoms with van der Waals surface area (Å²) in [4.78, 5) is 32.6. The van der Waals surface area contributed by atoms with E-state index in [1.807, 2.05) is 4.98 Å². The van der Waals surface area contributed by atoms with Gasteiger partial charge in [-0.25, -0.2) is 8.78 Å². The van der Waals surface area contributed by atoms with Gasteiger partial charge in [0, 0.05) is 6.20 Å². The molecule has 1 rings (SSSR count). The number of carbonyl (C=O) groups is 1. The van der Waals surface area contributed by atoms with Crippen LogP contribution < -0.4 is 5.43 Å². The Morgan fingerprint density at radius 2 is 2.13 bits per heavy atom. The van der Waals surface area contributed by atoms with E-state index in [1.54, 1.807) is 0 Å². The zero-order valence-corrected chi connectivity index (χ0v) is 7.07. The molecule has 8 heteroatoms. The molecule has 0 saturated heterocycles. The summed E-state index contributed by atoms with van der Waals surface area (Å²) in [5.74, 6) is 0. The number of hydrogen-bond acceptors (Lipinski definition) is 4. The van der Waals surface area contributed by atoms with Gasteiger partial charge in [0.2, 0.25) is 0 Å². The van der Waals surface area contributed by atoms with Crippen LogP contribution in [-0.2, 0) is 0 Å². The van der Waals surface area contributed by atoms with Crippen molar-refractivity contribution in [1.82, 2.24) is 4.98 Å². The van der Waals surface area contributed by atoms with Crippen molar-refractivity contribution in [3.8, 4) is 0 Å². The monoisotopic (exact) mass is 218 g/mol. The first-order valence-electron chi connectivity index (χ1n) is 3.62. The van der Waals surface area contributed by atoms with Gasteiger partial charge in [-0.3, -0.25) is 19.7 Å². The molecule has 0 spiro atoms. The highest BCUT2D eigenvalue weighted by Gasteiger charge is 2.25. The van der Waals surface area contributed by atoms with Crippen molar-refractivity contribution in [2.75, 3.05) is 0 Å². The summed E-state index contributed by atoms with van der Waals surface area (Å²) in [5, 5.41) is 10.4. The maximum Gasteiger partial charge on any atom is 0.343 e. The molecule has 80 valence electrons. The van der Waals surface area contributed by atoms with Crippen molar-refractivity contribution < 1.29 is 18.5 Å². The quantitative estimate of drug-likeness (QED) is 0.465. The van der Waals surface area contributed by atoms with E-state index in [1.165, 1.54) is 0 Å². The molecular weight excluding hydrogens is 214 g/mol. The number of aromatic amines is 1. The molecule has 1 aromatic heterocycles. The van der Waals surface area contributed by atoms with Crippen molar-refractivity contribution in [1.29, 1.82) is 0 Å². The summed E-state index contributed by atoms with van der Waals surface area (Å²) in [7, 11) is 0. The molecule has 0 unspecified atom stereocenters. The lowest BCUT2D eigenvalue weighted by Gasteiger charge is -1.99. The minimum absolute atomic E-state index is 0.0226. The third kappa shape index (κ3) is 1.87. The average Bonchev–Trinajstić information content (AvgIpc) is 2.15. The van der Waals surface area contributed by atoms with Crippen molar-refractivity contribution in [3.63, 3.8) is 0 Å². The van der Waals surface area contributed by atoms with Crippen LogP contribution in [-0.4, -0.2) is 16.2 Å². The maximum absolute atomic E-state index is 12.2. The van der Waals surface area contributed by atoms with E-state index in [4.69, 9.17) is 0 Å². The van der Waals surface area contributed by atoms with Crippen LogP contribution in [0.2, 0.25) is 0 Å². The number of nitro groups is 1. The summed E-state index contributed by atoms with van der Waals surface area (Å²) < 4.78 is 24.4. The largest absolute Gasteiger partial charge is 0.353 e. The van der Waals surface area contributed by atoms with E-state index in [0.29, 0.717) is 6.20 Å². The van der Waals surface area contributed by atoms with Crippen LogP contribution in [0.4, 0.5) is 14.5 Å². The molecule has 15 heavy (non-hydrogen) atoms. The Bertz CT molecular complexity index is 469. The van der Waals surface area contributed by atoms with Crippen LogP contribution in [0.15, 0.2) is 11.0 Å². The standard InChI is InChI=1S/C7H4F2N2O4/c8-7(9)3-1-10-4(2-12)5(6(3)13)11(14)15/h1-2,7H,(H,10,13). The fourth-order valence-corrected chi connectivity index (χ4v) is 0.982. The van der Waals surface area contributed by atoms with Gasteiger partial charge in [0.05, 0.1) is 10.5 Å². The number of hydrogen-bond donors (Lipinski definition) is 1. The Morgan fingerprint density at radius 1 is 1.53 bits per heavy atom. The highest BCUT2D eigenvalue weighted by molar-refractivity contribution is 5.78. The van der Waals surface area contributed by atoms with Crippen LogP contribution >= 0.6 is 0 Å². The lowest BCUT2D eigenvalue weighted by atomic mass is 10.2. The van der Waals surface area contributed by atoms with E-state index < -0.39 is 33.7 Å². The molecule has 1 N–H and O–H groups in total. The zero-order chi connectivity index (χ0) is 11.6. The number of H-pyrrole nitrogens is 1. The minimum Gasteiger partial charge on any atom is -0.353 e. The fraction of sp³-hybridized carbons (Fsp3) is 0.143. The molecular formula is C7H4F2N2O4. The second-order valence-corrected chi connectivity index (χ2v) is 2.51. The Hall–Kier alpha value is -2.12. The molecule has 0 fully saturated rings. The second-order valence-electron chi connectivity index (χ2n) is 2.51. The molecule has 0 aromatic carbocycles. The minimum atomic E-state index is -3.13. The molecule has 0 bridgehead atoms. The molecule has 0 aliphatic heterocycles. The first-order chi connectivity index (χ1) is 6.99. The number of rotatable bonds is 3. The van der Waals surface area contributed by atoms with Gasteiger partial charge in [-0.2, -0.15) is 0 Å². The number of nitrogens with one attached hydrogen (secondary N) is 1. The van der Waals surface area contributed by atoms with Gasteiger partial charge in [0.1, 0.15) is 0 Å². The van der Waals surface area contributed by atoms with Crippen molar-refractivity contribution >= 4 is 12.0 Å².